The van der Waals surface area contributed by atoms with Crippen LogP contribution in [0.1, 0.15) is 16.7 Å². The van der Waals surface area contributed by atoms with Crippen molar-refractivity contribution in [1.29, 1.82) is 0 Å². The number of benzene rings is 2. The van der Waals surface area contributed by atoms with E-state index in [1.54, 1.807) is 7.11 Å². The lowest BCUT2D eigenvalue weighted by Gasteiger charge is -2.26. The van der Waals surface area contributed by atoms with Crippen molar-refractivity contribution in [3.05, 3.63) is 71.3 Å². The Balaban J connectivity index is 1.64. The molecule has 0 aliphatic carbocycles. The van der Waals surface area contributed by atoms with Crippen molar-refractivity contribution in [3.63, 3.8) is 0 Å². The molecule has 1 amide bonds. The molecule has 0 spiro atoms. The fraction of sp³-hybridized carbons (Fsp3) is 0.316. The second-order valence-corrected chi connectivity index (χ2v) is 5.85. The molecule has 1 N–H and O–H groups in total. The molecule has 4 heteroatoms. The van der Waals surface area contributed by atoms with Crippen molar-refractivity contribution in [1.82, 2.24) is 10.2 Å². The van der Waals surface area contributed by atoms with Gasteiger partial charge in [-0.05, 0) is 16.7 Å². The molecule has 1 unspecified atom stereocenters. The average molecular weight is 310 g/mol. The average Bonchev–Trinajstić information content (AvgIpc) is 3.02. The van der Waals surface area contributed by atoms with E-state index in [-0.39, 0.29) is 11.9 Å². The summed E-state index contributed by atoms with van der Waals surface area (Å²) in [5.41, 5.74) is 3.69. The SMILES string of the molecule is COCC(C(=O)NCc1ccccc1)N1Cc2ccccc2C1. The van der Waals surface area contributed by atoms with Gasteiger partial charge < -0.3 is 10.1 Å². The third-order valence-corrected chi connectivity index (χ3v) is 4.24. The highest BCUT2D eigenvalue weighted by Gasteiger charge is 2.30. The predicted octanol–water partition coefficient (Wildman–Crippen LogP) is 2.33. The van der Waals surface area contributed by atoms with Gasteiger partial charge in [0, 0.05) is 26.7 Å². The van der Waals surface area contributed by atoms with Gasteiger partial charge in [0.1, 0.15) is 6.04 Å². The van der Waals surface area contributed by atoms with E-state index in [9.17, 15) is 4.79 Å². The van der Waals surface area contributed by atoms with E-state index >= 15 is 0 Å². The molecule has 0 radical (unpaired) electrons. The van der Waals surface area contributed by atoms with Crippen molar-refractivity contribution >= 4 is 5.91 Å². The first kappa shape index (κ1) is 15.7. The van der Waals surface area contributed by atoms with Crippen molar-refractivity contribution in [2.45, 2.75) is 25.7 Å². The molecule has 1 aliphatic heterocycles. The Kier molecular flexibility index (Phi) is 5.05. The molecule has 120 valence electrons. The summed E-state index contributed by atoms with van der Waals surface area (Å²) in [7, 11) is 1.64. The Morgan fingerprint density at radius 1 is 1.09 bits per heavy atom. The molecule has 1 heterocycles. The third-order valence-electron chi connectivity index (χ3n) is 4.24. The van der Waals surface area contributed by atoms with Gasteiger partial charge >= 0.3 is 0 Å². The van der Waals surface area contributed by atoms with Crippen LogP contribution in [0.2, 0.25) is 0 Å². The first-order valence-corrected chi connectivity index (χ1v) is 7.89. The molecule has 3 rings (SSSR count). The highest BCUT2D eigenvalue weighted by atomic mass is 16.5. The number of carbonyl (C=O) groups excluding carboxylic acids is 1. The molecule has 0 aromatic heterocycles. The number of methoxy groups -OCH3 is 1. The number of carbonyl (C=O) groups is 1. The molecule has 1 aliphatic rings. The highest BCUT2D eigenvalue weighted by molar-refractivity contribution is 5.82. The Labute approximate surface area is 137 Å². The third kappa shape index (κ3) is 3.78. The zero-order valence-electron chi connectivity index (χ0n) is 13.4. The van der Waals surface area contributed by atoms with Crippen molar-refractivity contribution in [2.24, 2.45) is 0 Å². The van der Waals surface area contributed by atoms with Crippen LogP contribution < -0.4 is 5.32 Å². The molecule has 1 atom stereocenters. The number of ether oxygens (including phenoxy) is 1. The maximum atomic E-state index is 12.6. The Bertz CT molecular complexity index is 632. The lowest BCUT2D eigenvalue weighted by molar-refractivity contribution is -0.128. The van der Waals surface area contributed by atoms with Crippen molar-refractivity contribution in [3.8, 4) is 0 Å². The van der Waals surface area contributed by atoms with Crippen molar-refractivity contribution in [2.75, 3.05) is 13.7 Å². The van der Waals surface area contributed by atoms with Crippen LogP contribution in [0.4, 0.5) is 0 Å². The standard InChI is InChI=1S/C19H22N2O2/c1-23-14-18(19(22)20-11-15-7-3-2-4-8-15)21-12-16-9-5-6-10-17(16)13-21/h2-10,18H,11-14H2,1H3,(H,20,22). The Hall–Kier alpha value is -2.17. The van der Waals surface area contributed by atoms with E-state index in [0.717, 1.165) is 18.7 Å². The number of nitrogens with zero attached hydrogens (tertiary/aromatic N) is 1. The van der Waals surface area contributed by atoms with Crippen LogP contribution in [0.3, 0.4) is 0 Å². The largest absolute Gasteiger partial charge is 0.383 e. The number of rotatable bonds is 6. The van der Waals surface area contributed by atoms with E-state index in [4.69, 9.17) is 4.74 Å². The maximum Gasteiger partial charge on any atom is 0.240 e. The van der Waals surface area contributed by atoms with Gasteiger partial charge in [-0.3, -0.25) is 9.69 Å². The minimum absolute atomic E-state index is 0.0171. The number of nitrogens with one attached hydrogen (secondary N) is 1. The lowest BCUT2D eigenvalue weighted by Crippen LogP contribution is -2.47. The second kappa shape index (κ2) is 7.40. The Morgan fingerprint density at radius 2 is 1.70 bits per heavy atom. The van der Waals surface area contributed by atoms with E-state index in [1.807, 2.05) is 42.5 Å². The monoisotopic (exact) mass is 310 g/mol. The van der Waals surface area contributed by atoms with Crippen LogP contribution in [0.5, 0.6) is 0 Å². The summed E-state index contributed by atoms with van der Waals surface area (Å²) in [6.07, 6.45) is 0. The minimum atomic E-state index is -0.267. The lowest BCUT2D eigenvalue weighted by atomic mass is 10.1. The van der Waals surface area contributed by atoms with E-state index in [2.05, 4.69) is 22.3 Å². The second-order valence-electron chi connectivity index (χ2n) is 5.85. The van der Waals surface area contributed by atoms with Crippen LogP contribution in [0.15, 0.2) is 54.6 Å². The molecule has 0 bridgehead atoms. The van der Waals surface area contributed by atoms with Crippen molar-refractivity contribution < 1.29 is 9.53 Å². The zero-order valence-corrected chi connectivity index (χ0v) is 13.4. The van der Waals surface area contributed by atoms with Crippen LogP contribution in [0.25, 0.3) is 0 Å². The summed E-state index contributed by atoms with van der Waals surface area (Å²) >= 11 is 0. The van der Waals surface area contributed by atoms with Gasteiger partial charge in [-0.2, -0.15) is 0 Å². The summed E-state index contributed by atoms with van der Waals surface area (Å²) in [5, 5.41) is 3.03. The van der Waals surface area contributed by atoms with Crippen LogP contribution >= 0.6 is 0 Å². The van der Waals surface area contributed by atoms with E-state index < -0.39 is 0 Å². The molecule has 2 aromatic carbocycles. The molecule has 0 saturated heterocycles. The number of amides is 1. The summed E-state index contributed by atoms with van der Waals surface area (Å²) in [6, 6.07) is 18.0. The molecule has 0 fully saturated rings. The fourth-order valence-electron chi connectivity index (χ4n) is 2.99. The minimum Gasteiger partial charge on any atom is -0.383 e. The molecular weight excluding hydrogens is 288 g/mol. The van der Waals surface area contributed by atoms with Crippen LogP contribution in [-0.2, 0) is 29.2 Å². The quantitative estimate of drug-likeness (QED) is 0.890. The molecular formula is C19H22N2O2. The summed E-state index contributed by atoms with van der Waals surface area (Å²) < 4.78 is 5.29. The normalized spacial score (nSPS) is 15.2. The predicted molar refractivity (Wildman–Crippen MR) is 89.6 cm³/mol. The van der Waals surface area contributed by atoms with Crippen LogP contribution in [-0.4, -0.2) is 30.6 Å². The molecule has 0 saturated carbocycles. The van der Waals surface area contributed by atoms with E-state index in [0.29, 0.717) is 13.2 Å². The molecule has 4 nitrogen and oxygen atoms in total. The van der Waals surface area contributed by atoms with Gasteiger partial charge in [-0.25, -0.2) is 0 Å². The van der Waals surface area contributed by atoms with Gasteiger partial charge in [-0.1, -0.05) is 54.6 Å². The maximum absolute atomic E-state index is 12.6. The van der Waals surface area contributed by atoms with Crippen LogP contribution in [0, 0.1) is 0 Å². The summed E-state index contributed by atoms with van der Waals surface area (Å²) in [4.78, 5) is 14.8. The fourth-order valence-corrected chi connectivity index (χ4v) is 2.99. The molecule has 23 heavy (non-hydrogen) atoms. The smallest absolute Gasteiger partial charge is 0.240 e. The van der Waals surface area contributed by atoms with Gasteiger partial charge in [0.15, 0.2) is 0 Å². The van der Waals surface area contributed by atoms with Gasteiger partial charge in [0.05, 0.1) is 6.61 Å². The highest BCUT2D eigenvalue weighted by Crippen LogP contribution is 2.24. The topological polar surface area (TPSA) is 41.6 Å². The number of hydrogen-bond donors (Lipinski definition) is 1. The molecule has 2 aromatic rings. The van der Waals surface area contributed by atoms with Gasteiger partial charge in [0.25, 0.3) is 0 Å². The number of fused-ring (bicyclic) bond motifs is 1. The van der Waals surface area contributed by atoms with Gasteiger partial charge in [0.2, 0.25) is 5.91 Å². The first-order chi connectivity index (χ1) is 11.3. The van der Waals surface area contributed by atoms with Gasteiger partial charge in [-0.15, -0.1) is 0 Å². The zero-order chi connectivity index (χ0) is 16.1. The van der Waals surface area contributed by atoms with E-state index in [1.165, 1.54) is 11.1 Å². The summed E-state index contributed by atoms with van der Waals surface area (Å²) in [6.45, 7) is 2.53. The first-order valence-electron chi connectivity index (χ1n) is 7.89. The Morgan fingerprint density at radius 3 is 2.30 bits per heavy atom. The summed E-state index contributed by atoms with van der Waals surface area (Å²) in [5.74, 6) is 0.0171. The number of hydrogen-bond acceptors (Lipinski definition) is 3.